The third-order valence-corrected chi connectivity index (χ3v) is 3.65. The van der Waals surface area contributed by atoms with Gasteiger partial charge in [0, 0.05) is 5.39 Å². The van der Waals surface area contributed by atoms with Crippen molar-refractivity contribution in [1.29, 1.82) is 5.26 Å². The first-order valence-electron chi connectivity index (χ1n) is 6.78. The molecule has 22 heavy (non-hydrogen) atoms. The maximum absolute atomic E-state index is 9.94. The van der Waals surface area contributed by atoms with Gasteiger partial charge < -0.3 is 9.52 Å². The quantitative estimate of drug-likeness (QED) is 0.568. The van der Waals surface area contributed by atoms with Crippen molar-refractivity contribution in [2.24, 2.45) is 0 Å². The van der Waals surface area contributed by atoms with Crippen LogP contribution in [0.1, 0.15) is 5.56 Å². The van der Waals surface area contributed by atoms with Crippen LogP contribution >= 0.6 is 0 Å². The highest BCUT2D eigenvalue weighted by Gasteiger charge is 2.16. The van der Waals surface area contributed by atoms with E-state index in [1.54, 1.807) is 24.3 Å². The predicted molar refractivity (Wildman–Crippen MR) is 83.3 cm³/mol. The van der Waals surface area contributed by atoms with Gasteiger partial charge in [-0.1, -0.05) is 36.4 Å². The number of benzene rings is 3. The molecule has 0 saturated carbocycles. The summed E-state index contributed by atoms with van der Waals surface area (Å²) in [6, 6.07) is 18.5. The molecule has 1 aromatic heterocycles. The SMILES string of the molecule is N#Cc1c2ccccc2cc2oc(-c3ccccc3O)nc12. The van der Waals surface area contributed by atoms with Crippen molar-refractivity contribution in [2.75, 3.05) is 0 Å². The fourth-order valence-corrected chi connectivity index (χ4v) is 2.61. The minimum Gasteiger partial charge on any atom is -0.507 e. The first-order valence-corrected chi connectivity index (χ1v) is 6.78. The van der Waals surface area contributed by atoms with Crippen LogP contribution in [0, 0.1) is 11.3 Å². The van der Waals surface area contributed by atoms with Crippen molar-refractivity contribution < 1.29 is 9.52 Å². The second kappa shape index (κ2) is 4.61. The predicted octanol–water partition coefficient (Wildman–Crippen LogP) is 4.23. The Morgan fingerprint density at radius 2 is 1.82 bits per heavy atom. The van der Waals surface area contributed by atoms with E-state index in [9.17, 15) is 10.4 Å². The molecule has 0 aliphatic heterocycles. The average Bonchev–Trinajstić information content (AvgIpc) is 2.96. The largest absolute Gasteiger partial charge is 0.507 e. The average molecular weight is 286 g/mol. The number of rotatable bonds is 1. The van der Waals surface area contributed by atoms with Gasteiger partial charge >= 0.3 is 0 Å². The Bertz CT molecular complexity index is 1060. The van der Waals surface area contributed by atoms with Crippen LogP contribution in [0.25, 0.3) is 33.3 Å². The Labute approximate surface area is 125 Å². The molecule has 0 atom stereocenters. The molecule has 1 N–H and O–H groups in total. The van der Waals surface area contributed by atoms with Gasteiger partial charge in [0.15, 0.2) is 5.58 Å². The number of phenolic OH excluding ortho intramolecular Hbond substituents is 1. The molecule has 0 bridgehead atoms. The number of hydrogen-bond acceptors (Lipinski definition) is 4. The molecule has 4 heteroatoms. The summed E-state index contributed by atoms with van der Waals surface area (Å²) >= 11 is 0. The normalized spacial score (nSPS) is 10.9. The third kappa shape index (κ3) is 1.73. The van der Waals surface area contributed by atoms with E-state index in [-0.39, 0.29) is 5.75 Å². The molecule has 0 unspecified atom stereocenters. The summed E-state index contributed by atoms with van der Waals surface area (Å²) in [4.78, 5) is 4.42. The second-order valence-electron chi connectivity index (χ2n) is 4.97. The van der Waals surface area contributed by atoms with E-state index in [0.717, 1.165) is 10.8 Å². The summed E-state index contributed by atoms with van der Waals surface area (Å²) in [5, 5.41) is 21.2. The van der Waals surface area contributed by atoms with E-state index in [0.29, 0.717) is 28.1 Å². The molecule has 104 valence electrons. The molecule has 0 radical (unpaired) electrons. The van der Waals surface area contributed by atoms with Crippen LogP contribution in [0.15, 0.2) is 59.0 Å². The van der Waals surface area contributed by atoms with Gasteiger partial charge in [-0.2, -0.15) is 5.26 Å². The van der Waals surface area contributed by atoms with E-state index in [1.165, 1.54) is 0 Å². The lowest BCUT2D eigenvalue weighted by Crippen LogP contribution is -1.83. The maximum Gasteiger partial charge on any atom is 0.231 e. The molecule has 0 saturated heterocycles. The number of oxazole rings is 1. The highest BCUT2D eigenvalue weighted by Crippen LogP contribution is 2.34. The molecule has 0 amide bonds. The van der Waals surface area contributed by atoms with Crippen molar-refractivity contribution in [2.45, 2.75) is 0 Å². The first-order chi connectivity index (χ1) is 10.8. The number of nitriles is 1. The summed E-state index contributed by atoms with van der Waals surface area (Å²) in [7, 11) is 0. The summed E-state index contributed by atoms with van der Waals surface area (Å²) in [5.74, 6) is 0.400. The highest BCUT2D eigenvalue weighted by atomic mass is 16.3. The number of phenols is 1. The topological polar surface area (TPSA) is 70.0 Å². The molecule has 1 heterocycles. The Hall–Kier alpha value is -3.32. The third-order valence-electron chi connectivity index (χ3n) is 3.65. The van der Waals surface area contributed by atoms with Gasteiger partial charge in [-0.25, -0.2) is 4.98 Å². The summed E-state index contributed by atoms with van der Waals surface area (Å²) < 4.78 is 5.76. The van der Waals surface area contributed by atoms with E-state index < -0.39 is 0 Å². The van der Waals surface area contributed by atoms with Crippen LogP contribution in [0.2, 0.25) is 0 Å². The number of para-hydroxylation sites is 1. The first kappa shape index (κ1) is 12.4. The fraction of sp³-hybridized carbons (Fsp3) is 0. The molecular weight excluding hydrogens is 276 g/mol. The lowest BCUT2D eigenvalue weighted by molar-refractivity contribution is 0.474. The van der Waals surface area contributed by atoms with Gasteiger partial charge in [0.05, 0.1) is 11.1 Å². The molecule has 4 aromatic rings. The molecule has 0 fully saturated rings. The van der Waals surface area contributed by atoms with Crippen LogP contribution in [0.3, 0.4) is 0 Å². The van der Waals surface area contributed by atoms with Gasteiger partial charge in [0.1, 0.15) is 17.3 Å². The molecular formula is C18H10N2O2. The van der Waals surface area contributed by atoms with Crippen LogP contribution in [0.4, 0.5) is 0 Å². The Morgan fingerprint density at radius 3 is 2.64 bits per heavy atom. The minimum atomic E-state index is 0.0946. The Morgan fingerprint density at radius 1 is 1.05 bits per heavy atom. The van der Waals surface area contributed by atoms with Crippen molar-refractivity contribution in [3.8, 4) is 23.3 Å². The maximum atomic E-state index is 9.94. The molecule has 4 nitrogen and oxygen atoms in total. The molecule has 0 aliphatic carbocycles. The van der Waals surface area contributed by atoms with E-state index >= 15 is 0 Å². The molecule has 0 aliphatic rings. The fourth-order valence-electron chi connectivity index (χ4n) is 2.61. The number of hydrogen-bond donors (Lipinski definition) is 1. The zero-order valence-electron chi connectivity index (χ0n) is 11.4. The number of nitrogens with zero attached hydrogens (tertiary/aromatic N) is 2. The van der Waals surface area contributed by atoms with Gasteiger partial charge in [-0.15, -0.1) is 0 Å². The van der Waals surface area contributed by atoms with Crippen molar-refractivity contribution >= 4 is 21.9 Å². The van der Waals surface area contributed by atoms with Gasteiger partial charge in [0.2, 0.25) is 5.89 Å². The Balaban J connectivity index is 2.08. The van der Waals surface area contributed by atoms with Crippen LogP contribution in [-0.2, 0) is 0 Å². The smallest absolute Gasteiger partial charge is 0.231 e. The second-order valence-corrected chi connectivity index (χ2v) is 4.97. The van der Waals surface area contributed by atoms with Crippen LogP contribution in [0.5, 0.6) is 5.75 Å². The molecule has 4 rings (SSSR count). The van der Waals surface area contributed by atoms with Crippen LogP contribution in [-0.4, -0.2) is 10.1 Å². The highest BCUT2D eigenvalue weighted by molar-refractivity contribution is 6.01. The number of fused-ring (bicyclic) bond motifs is 2. The van der Waals surface area contributed by atoms with Crippen molar-refractivity contribution in [3.63, 3.8) is 0 Å². The van der Waals surface area contributed by atoms with E-state index in [2.05, 4.69) is 11.1 Å². The zero-order chi connectivity index (χ0) is 15.1. The summed E-state index contributed by atoms with van der Waals surface area (Å²) in [5.41, 5.74) is 2.04. The molecule has 0 spiro atoms. The van der Waals surface area contributed by atoms with Gasteiger partial charge in [-0.3, -0.25) is 0 Å². The number of aromatic hydroxyl groups is 1. The van der Waals surface area contributed by atoms with E-state index in [4.69, 9.17) is 4.42 Å². The standard InChI is InChI=1S/C18H10N2O2/c19-10-14-12-6-2-1-5-11(12)9-16-17(14)20-18(22-16)13-7-3-4-8-15(13)21/h1-9,21H. The van der Waals surface area contributed by atoms with Crippen molar-refractivity contribution in [1.82, 2.24) is 4.98 Å². The van der Waals surface area contributed by atoms with E-state index in [1.807, 2.05) is 30.3 Å². The zero-order valence-corrected chi connectivity index (χ0v) is 11.4. The monoisotopic (exact) mass is 286 g/mol. The molecule has 3 aromatic carbocycles. The van der Waals surface area contributed by atoms with Crippen LogP contribution < -0.4 is 0 Å². The Kier molecular flexibility index (Phi) is 2.60. The number of aromatic nitrogens is 1. The lowest BCUT2D eigenvalue weighted by Gasteiger charge is -1.99. The van der Waals surface area contributed by atoms with Crippen molar-refractivity contribution in [3.05, 3.63) is 60.2 Å². The lowest BCUT2D eigenvalue weighted by atomic mass is 10.0. The van der Waals surface area contributed by atoms with Gasteiger partial charge in [0.25, 0.3) is 0 Å². The van der Waals surface area contributed by atoms with Gasteiger partial charge in [-0.05, 0) is 23.6 Å². The minimum absolute atomic E-state index is 0.0946. The summed E-state index contributed by atoms with van der Waals surface area (Å²) in [6.45, 7) is 0. The summed E-state index contributed by atoms with van der Waals surface area (Å²) in [6.07, 6.45) is 0.